The van der Waals surface area contributed by atoms with E-state index in [4.69, 9.17) is 21.1 Å². The summed E-state index contributed by atoms with van der Waals surface area (Å²) in [6.45, 7) is 11.9. The summed E-state index contributed by atoms with van der Waals surface area (Å²) in [5, 5.41) is 4.19. The predicted octanol–water partition coefficient (Wildman–Crippen LogP) is 4.42. The van der Waals surface area contributed by atoms with Crippen LogP contribution in [0.3, 0.4) is 0 Å². The molecule has 0 aromatic heterocycles. The third-order valence-corrected chi connectivity index (χ3v) is 3.58. The molecule has 0 spiro atoms. The highest BCUT2D eigenvalue weighted by Crippen LogP contribution is 2.24. The van der Waals surface area contributed by atoms with Gasteiger partial charge in [-0.15, -0.1) is 0 Å². The molecule has 1 N–H and O–H groups in total. The molecule has 1 aromatic rings. The lowest BCUT2D eigenvalue weighted by Crippen LogP contribution is -2.35. The van der Waals surface area contributed by atoms with Crippen LogP contribution in [0, 0.1) is 0 Å². The van der Waals surface area contributed by atoms with Crippen molar-refractivity contribution in [1.82, 2.24) is 5.32 Å². The van der Waals surface area contributed by atoms with E-state index in [0.29, 0.717) is 6.61 Å². The molecule has 1 aromatic carbocycles. The molecule has 21 heavy (non-hydrogen) atoms. The summed E-state index contributed by atoms with van der Waals surface area (Å²) in [4.78, 5) is 0. The summed E-state index contributed by atoms with van der Waals surface area (Å²) in [5.74, 6) is 0.878. The Morgan fingerprint density at radius 1 is 1.14 bits per heavy atom. The molecule has 0 heterocycles. The Hall–Kier alpha value is -0.770. The Morgan fingerprint density at radius 2 is 1.81 bits per heavy atom. The van der Waals surface area contributed by atoms with E-state index in [9.17, 15) is 0 Å². The summed E-state index contributed by atoms with van der Waals surface area (Å²) in [5.41, 5.74) is 0.959. The second kappa shape index (κ2) is 7.48. The van der Waals surface area contributed by atoms with Crippen LogP contribution in [0.5, 0.6) is 5.75 Å². The molecule has 3 nitrogen and oxygen atoms in total. The zero-order valence-electron chi connectivity index (χ0n) is 14.0. The molecule has 0 unspecified atom stereocenters. The number of hydrogen-bond donors (Lipinski definition) is 1. The standard InChI is InChI=1S/C17H28ClNO2/c1-16(2,3)19-12-13-11-14(18)7-8-15(13)21-10-9-17(4,5)20-6/h7-8,11,19H,9-10,12H2,1-6H3. The first kappa shape index (κ1) is 18.3. The van der Waals surface area contributed by atoms with Crippen LogP contribution in [0.25, 0.3) is 0 Å². The second-order valence-corrected chi connectivity index (χ2v) is 7.35. The number of halogens is 1. The average Bonchev–Trinajstić information content (AvgIpc) is 2.37. The summed E-state index contributed by atoms with van der Waals surface area (Å²) >= 11 is 6.09. The Morgan fingerprint density at radius 3 is 2.38 bits per heavy atom. The van der Waals surface area contributed by atoms with Gasteiger partial charge in [-0.3, -0.25) is 0 Å². The molecule has 0 saturated carbocycles. The molecule has 0 aliphatic rings. The van der Waals surface area contributed by atoms with Gasteiger partial charge in [0.1, 0.15) is 5.75 Å². The van der Waals surface area contributed by atoms with E-state index in [1.807, 2.05) is 18.2 Å². The molecular weight excluding hydrogens is 286 g/mol. The van der Waals surface area contributed by atoms with Crippen LogP contribution in [0.1, 0.15) is 46.6 Å². The SMILES string of the molecule is COC(C)(C)CCOc1ccc(Cl)cc1CNC(C)(C)C. The summed E-state index contributed by atoms with van der Waals surface area (Å²) in [6, 6.07) is 5.75. The first-order valence-electron chi connectivity index (χ1n) is 7.34. The van der Waals surface area contributed by atoms with E-state index in [2.05, 4.69) is 39.9 Å². The third-order valence-electron chi connectivity index (χ3n) is 3.35. The molecule has 1 rings (SSSR count). The molecule has 0 aliphatic carbocycles. The highest BCUT2D eigenvalue weighted by Gasteiger charge is 2.17. The van der Waals surface area contributed by atoms with Crippen molar-refractivity contribution >= 4 is 11.6 Å². The Kier molecular flexibility index (Phi) is 6.51. The number of methoxy groups -OCH3 is 1. The Bertz CT molecular complexity index is 453. The van der Waals surface area contributed by atoms with Crippen LogP contribution in [0.4, 0.5) is 0 Å². The average molecular weight is 314 g/mol. The number of rotatable bonds is 7. The van der Waals surface area contributed by atoms with Crippen molar-refractivity contribution in [3.8, 4) is 5.75 Å². The summed E-state index contributed by atoms with van der Waals surface area (Å²) in [7, 11) is 1.72. The van der Waals surface area contributed by atoms with Crippen molar-refractivity contribution in [2.75, 3.05) is 13.7 Å². The van der Waals surface area contributed by atoms with E-state index in [1.165, 1.54) is 0 Å². The Balaban J connectivity index is 2.68. The minimum Gasteiger partial charge on any atom is -0.493 e. The van der Waals surface area contributed by atoms with E-state index >= 15 is 0 Å². The second-order valence-electron chi connectivity index (χ2n) is 6.92. The molecule has 120 valence electrons. The van der Waals surface area contributed by atoms with Gasteiger partial charge in [-0.2, -0.15) is 0 Å². The van der Waals surface area contributed by atoms with Crippen molar-refractivity contribution in [2.45, 2.75) is 58.7 Å². The van der Waals surface area contributed by atoms with E-state index in [-0.39, 0.29) is 11.1 Å². The van der Waals surface area contributed by atoms with Crippen molar-refractivity contribution < 1.29 is 9.47 Å². The number of hydrogen-bond acceptors (Lipinski definition) is 3. The summed E-state index contributed by atoms with van der Waals surface area (Å²) < 4.78 is 11.3. The topological polar surface area (TPSA) is 30.5 Å². The van der Waals surface area contributed by atoms with Gasteiger partial charge in [-0.25, -0.2) is 0 Å². The van der Waals surface area contributed by atoms with Crippen molar-refractivity contribution in [3.63, 3.8) is 0 Å². The molecule has 0 bridgehead atoms. The lowest BCUT2D eigenvalue weighted by atomic mass is 10.1. The molecule has 0 amide bonds. The molecule has 0 fully saturated rings. The zero-order chi connectivity index (χ0) is 16.1. The number of benzene rings is 1. The van der Waals surface area contributed by atoms with Gasteiger partial charge >= 0.3 is 0 Å². The van der Waals surface area contributed by atoms with Gasteiger partial charge in [0.05, 0.1) is 12.2 Å². The van der Waals surface area contributed by atoms with Crippen LogP contribution in [0.15, 0.2) is 18.2 Å². The van der Waals surface area contributed by atoms with Crippen LogP contribution < -0.4 is 10.1 Å². The van der Waals surface area contributed by atoms with Crippen LogP contribution >= 0.6 is 11.6 Å². The number of ether oxygens (including phenoxy) is 2. The molecule has 0 radical (unpaired) electrons. The molecule has 4 heteroatoms. The van der Waals surface area contributed by atoms with Crippen molar-refractivity contribution in [3.05, 3.63) is 28.8 Å². The van der Waals surface area contributed by atoms with Gasteiger partial charge in [-0.1, -0.05) is 11.6 Å². The molecule has 0 atom stereocenters. The van der Waals surface area contributed by atoms with Crippen LogP contribution in [0.2, 0.25) is 5.02 Å². The number of nitrogens with one attached hydrogen (secondary N) is 1. The van der Waals surface area contributed by atoms with Gasteiger partial charge in [0, 0.05) is 36.2 Å². The predicted molar refractivity (Wildman–Crippen MR) is 89.2 cm³/mol. The fourth-order valence-corrected chi connectivity index (χ4v) is 1.89. The fraction of sp³-hybridized carbons (Fsp3) is 0.647. The minimum absolute atomic E-state index is 0.0532. The maximum Gasteiger partial charge on any atom is 0.123 e. The van der Waals surface area contributed by atoms with E-state index in [0.717, 1.165) is 29.3 Å². The lowest BCUT2D eigenvalue weighted by Gasteiger charge is -2.24. The largest absolute Gasteiger partial charge is 0.493 e. The van der Waals surface area contributed by atoms with Crippen molar-refractivity contribution in [1.29, 1.82) is 0 Å². The van der Waals surface area contributed by atoms with E-state index in [1.54, 1.807) is 7.11 Å². The van der Waals surface area contributed by atoms with Crippen LogP contribution in [-0.4, -0.2) is 24.9 Å². The Labute approximate surface area is 134 Å². The van der Waals surface area contributed by atoms with E-state index < -0.39 is 0 Å². The highest BCUT2D eigenvalue weighted by molar-refractivity contribution is 6.30. The fourth-order valence-electron chi connectivity index (χ4n) is 1.70. The lowest BCUT2D eigenvalue weighted by molar-refractivity contribution is 0.00537. The molecular formula is C17H28ClNO2. The highest BCUT2D eigenvalue weighted by atomic mass is 35.5. The first-order chi connectivity index (χ1) is 9.63. The monoisotopic (exact) mass is 313 g/mol. The summed E-state index contributed by atoms with van der Waals surface area (Å²) in [6.07, 6.45) is 0.832. The maximum atomic E-state index is 6.09. The quantitative estimate of drug-likeness (QED) is 0.808. The molecule has 0 aliphatic heterocycles. The third kappa shape index (κ3) is 7.16. The van der Waals surface area contributed by atoms with Gasteiger partial charge in [0.25, 0.3) is 0 Å². The van der Waals surface area contributed by atoms with Gasteiger partial charge < -0.3 is 14.8 Å². The van der Waals surface area contributed by atoms with Gasteiger partial charge in [-0.05, 0) is 52.8 Å². The van der Waals surface area contributed by atoms with Crippen molar-refractivity contribution in [2.24, 2.45) is 0 Å². The minimum atomic E-state index is -0.170. The maximum absolute atomic E-state index is 6.09. The first-order valence-corrected chi connectivity index (χ1v) is 7.72. The van der Waals surface area contributed by atoms with Gasteiger partial charge in [0.15, 0.2) is 0 Å². The van der Waals surface area contributed by atoms with Crippen LogP contribution in [-0.2, 0) is 11.3 Å². The normalized spacial score (nSPS) is 12.5. The van der Waals surface area contributed by atoms with Gasteiger partial charge in [0.2, 0.25) is 0 Å². The zero-order valence-corrected chi connectivity index (χ0v) is 14.8. The molecule has 0 saturated heterocycles. The smallest absolute Gasteiger partial charge is 0.123 e.